The number of carbonyl (C=O) groups excluding carboxylic acids is 1. The quantitative estimate of drug-likeness (QED) is 0.580. The summed E-state index contributed by atoms with van der Waals surface area (Å²) in [6, 6.07) is 12.4. The molecule has 1 aromatic heterocycles. The van der Waals surface area contributed by atoms with Crippen LogP contribution in [0.5, 0.6) is 5.75 Å². The number of sulfonamides is 1. The zero-order valence-corrected chi connectivity index (χ0v) is 17.8. The number of benzene rings is 2. The van der Waals surface area contributed by atoms with E-state index in [0.717, 1.165) is 5.69 Å². The molecule has 0 aliphatic carbocycles. The number of hydrogen-bond acceptors (Lipinski definition) is 6. The Hall–Kier alpha value is -2.91. The summed E-state index contributed by atoms with van der Waals surface area (Å²) in [4.78, 5) is 16.8. The van der Waals surface area contributed by atoms with Crippen molar-refractivity contribution in [3.8, 4) is 5.75 Å². The first kappa shape index (κ1) is 20.8. The molecule has 9 heteroatoms. The van der Waals surface area contributed by atoms with Gasteiger partial charge in [0.15, 0.2) is 5.13 Å². The van der Waals surface area contributed by atoms with Crippen molar-refractivity contribution in [2.75, 3.05) is 17.1 Å². The minimum atomic E-state index is -3.83. The van der Waals surface area contributed by atoms with Crippen LogP contribution in [0.2, 0.25) is 0 Å². The molecule has 3 aromatic rings. The first-order valence-electron chi connectivity index (χ1n) is 8.83. The second-order valence-electron chi connectivity index (χ2n) is 6.52. The lowest BCUT2D eigenvalue weighted by atomic mass is 10.2. The normalized spacial score (nSPS) is 11.3. The van der Waals surface area contributed by atoms with Crippen molar-refractivity contribution in [3.63, 3.8) is 0 Å². The second kappa shape index (κ2) is 8.62. The molecule has 7 nitrogen and oxygen atoms in total. The summed E-state index contributed by atoms with van der Waals surface area (Å²) in [5.41, 5.74) is 1.58. The number of hydrogen-bond donors (Lipinski definition) is 2. The molecule has 29 heavy (non-hydrogen) atoms. The van der Waals surface area contributed by atoms with Crippen LogP contribution in [0.15, 0.2) is 58.8 Å². The van der Waals surface area contributed by atoms with Gasteiger partial charge in [-0.1, -0.05) is 26.0 Å². The fraction of sp³-hybridized carbons (Fsp3) is 0.200. The summed E-state index contributed by atoms with van der Waals surface area (Å²) in [6.07, 6.45) is 0. The predicted octanol–water partition coefficient (Wildman–Crippen LogP) is 4.33. The molecular formula is C20H21N3O4S2. The highest BCUT2D eigenvalue weighted by Crippen LogP contribution is 2.26. The summed E-state index contributed by atoms with van der Waals surface area (Å²) in [5.74, 6) is 0.338. The van der Waals surface area contributed by atoms with E-state index in [-0.39, 0.29) is 16.7 Å². The molecule has 0 radical (unpaired) electrons. The summed E-state index contributed by atoms with van der Waals surface area (Å²) in [6.45, 7) is 4.05. The van der Waals surface area contributed by atoms with E-state index in [1.54, 1.807) is 24.3 Å². The van der Waals surface area contributed by atoms with Crippen LogP contribution in [0.25, 0.3) is 0 Å². The van der Waals surface area contributed by atoms with Crippen molar-refractivity contribution in [1.29, 1.82) is 0 Å². The Morgan fingerprint density at radius 3 is 2.41 bits per heavy atom. The number of aromatic nitrogens is 1. The third-order valence-corrected chi connectivity index (χ3v) is 6.27. The van der Waals surface area contributed by atoms with E-state index in [2.05, 4.69) is 15.0 Å². The van der Waals surface area contributed by atoms with Crippen LogP contribution in [0.4, 0.5) is 10.8 Å². The fourth-order valence-electron chi connectivity index (χ4n) is 2.50. The average Bonchev–Trinajstić information content (AvgIpc) is 3.17. The van der Waals surface area contributed by atoms with Gasteiger partial charge < -0.3 is 4.74 Å². The van der Waals surface area contributed by atoms with Gasteiger partial charge in [-0.15, -0.1) is 11.3 Å². The molecule has 152 valence electrons. The van der Waals surface area contributed by atoms with E-state index in [1.165, 1.54) is 42.7 Å². The first-order valence-corrected chi connectivity index (χ1v) is 11.2. The fourth-order valence-corrected chi connectivity index (χ4v) is 4.43. The molecule has 0 aliphatic heterocycles. The minimum absolute atomic E-state index is 0.0382. The highest BCUT2D eigenvalue weighted by Gasteiger charge is 2.17. The van der Waals surface area contributed by atoms with Crippen molar-refractivity contribution in [2.45, 2.75) is 24.7 Å². The number of ether oxygens (including phenoxy) is 1. The Morgan fingerprint density at radius 2 is 1.79 bits per heavy atom. The van der Waals surface area contributed by atoms with E-state index >= 15 is 0 Å². The SMILES string of the molecule is COc1ccccc1NS(=O)(=O)c1ccc(C(=O)Nc2nc(C(C)C)cs2)cc1. The second-order valence-corrected chi connectivity index (χ2v) is 9.06. The first-order chi connectivity index (χ1) is 13.8. The van der Waals surface area contributed by atoms with Crippen LogP contribution in [0.1, 0.15) is 35.8 Å². The number of anilines is 2. The lowest BCUT2D eigenvalue weighted by Gasteiger charge is -2.12. The Bertz CT molecular complexity index is 1110. The minimum Gasteiger partial charge on any atom is -0.495 e. The average molecular weight is 432 g/mol. The van der Waals surface area contributed by atoms with E-state index in [1.807, 2.05) is 19.2 Å². The van der Waals surface area contributed by atoms with Crippen molar-refractivity contribution < 1.29 is 17.9 Å². The molecule has 0 bridgehead atoms. The van der Waals surface area contributed by atoms with Gasteiger partial charge in [-0.25, -0.2) is 13.4 Å². The van der Waals surface area contributed by atoms with Gasteiger partial charge in [-0.3, -0.25) is 14.8 Å². The molecule has 1 amide bonds. The predicted molar refractivity (Wildman–Crippen MR) is 114 cm³/mol. The zero-order chi connectivity index (χ0) is 21.0. The van der Waals surface area contributed by atoms with E-state index in [9.17, 15) is 13.2 Å². The lowest BCUT2D eigenvalue weighted by Crippen LogP contribution is -2.15. The molecule has 0 unspecified atom stereocenters. The molecule has 3 rings (SSSR count). The van der Waals surface area contributed by atoms with Crippen molar-refractivity contribution in [2.24, 2.45) is 0 Å². The van der Waals surface area contributed by atoms with Crippen LogP contribution in [0, 0.1) is 0 Å². The largest absolute Gasteiger partial charge is 0.495 e. The number of para-hydroxylation sites is 2. The van der Waals surface area contributed by atoms with Crippen LogP contribution >= 0.6 is 11.3 Å². The molecule has 1 heterocycles. The Kier molecular flexibility index (Phi) is 6.19. The molecule has 2 N–H and O–H groups in total. The number of nitrogens with one attached hydrogen (secondary N) is 2. The maximum atomic E-state index is 12.6. The lowest BCUT2D eigenvalue weighted by molar-refractivity contribution is 0.102. The maximum absolute atomic E-state index is 12.6. The number of amides is 1. The summed E-state index contributed by atoms with van der Waals surface area (Å²) >= 11 is 1.35. The summed E-state index contributed by atoms with van der Waals surface area (Å²) in [7, 11) is -2.36. The van der Waals surface area contributed by atoms with Gasteiger partial charge in [0.05, 0.1) is 23.4 Å². The third-order valence-electron chi connectivity index (χ3n) is 4.11. The smallest absolute Gasteiger partial charge is 0.262 e. The van der Waals surface area contributed by atoms with E-state index < -0.39 is 10.0 Å². The topological polar surface area (TPSA) is 97.4 Å². The maximum Gasteiger partial charge on any atom is 0.262 e. The van der Waals surface area contributed by atoms with Gasteiger partial charge >= 0.3 is 0 Å². The van der Waals surface area contributed by atoms with E-state index in [0.29, 0.717) is 22.1 Å². The molecule has 0 saturated heterocycles. The van der Waals surface area contributed by atoms with Crippen LogP contribution < -0.4 is 14.8 Å². The number of carbonyl (C=O) groups is 1. The van der Waals surface area contributed by atoms with Crippen molar-refractivity contribution >= 4 is 38.1 Å². The molecule has 0 saturated carbocycles. The Labute approximate surface area is 173 Å². The number of methoxy groups -OCH3 is 1. The summed E-state index contributed by atoms with van der Waals surface area (Å²) in [5, 5.41) is 5.14. The monoisotopic (exact) mass is 431 g/mol. The molecule has 0 atom stereocenters. The van der Waals surface area contributed by atoms with Gasteiger partial charge in [0, 0.05) is 10.9 Å². The van der Waals surface area contributed by atoms with Gasteiger partial charge in [0.1, 0.15) is 5.75 Å². The highest BCUT2D eigenvalue weighted by molar-refractivity contribution is 7.92. The van der Waals surface area contributed by atoms with Gasteiger partial charge in [-0.2, -0.15) is 0 Å². The van der Waals surface area contributed by atoms with Gasteiger partial charge in [0.25, 0.3) is 15.9 Å². The van der Waals surface area contributed by atoms with Crippen molar-refractivity contribution in [1.82, 2.24) is 4.98 Å². The Morgan fingerprint density at radius 1 is 1.10 bits per heavy atom. The Balaban J connectivity index is 1.73. The summed E-state index contributed by atoms with van der Waals surface area (Å²) < 4.78 is 32.9. The molecule has 2 aromatic carbocycles. The van der Waals surface area contributed by atoms with E-state index in [4.69, 9.17) is 4.74 Å². The number of nitrogens with zero attached hydrogens (tertiary/aromatic N) is 1. The number of rotatable bonds is 7. The standard InChI is InChI=1S/C20H21N3O4S2/c1-13(2)17-12-28-20(21-17)22-19(24)14-8-10-15(11-9-14)29(25,26)23-16-6-4-5-7-18(16)27-3/h4-13,23H,1-3H3,(H,21,22,24). The molecule has 0 aliphatic rings. The van der Waals surface area contributed by atoms with Crippen LogP contribution in [-0.2, 0) is 10.0 Å². The molecule has 0 fully saturated rings. The van der Waals surface area contributed by atoms with Crippen LogP contribution in [-0.4, -0.2) is 26.4 Å². The van der Waals surface area contributed by atoms with Gasteiger partial charge in [0.2, 0.25) is 0 Å². The highest BCUT2D eigenvalue weighted by atomic mass is 32.2. The number of thiazole rings is 1. The zero-order valence-electron chi connectivity index (χ0n) is 16.2. The van der Waals surface area contributed by atoms with Crippen LogP contribution in [0.3, 0.4) is 0 Å². The van der Waals surface area contributed by atoms with Crippen molar-refractivity contribution in [3.05, 3.63) is 65.2 Å². The van der Waals surface area contributed by atoms with Gasteiger partial charge in [-0.05, 0) is 42.3 Å². The molecular weight excluding hydrogens is 410 g/mol. The molecule has 0 spiro atoms. The third kappa shape index (κ3) is 4.93.